The Hall–Kier alpha value is -2.46. The summed E-state index contributed by atoms with van der Waals surface area (Å²) in [6, 6.07) is 14.3. The largest absolute Gasteiger partial charge is 0.390 e. The van der Waals surface area contributed by atoms with Crippen molar-refractivity contribution >= 4 is 21.5 Å². The highest BCUT2D eigenvalue weighted by Crippen LogP contribution is 2.19. The van der Waals surface area contributed by atoms with E-state index in [0.717, 1.165) is 24.1 Å². The van der Waals surface area contributed by atoms with Gasteiger partial charge in [-0.05, 0) is 48.4 Å². The molecule has 0 spiro atoms. The molecule has 2 aromatic carbocycles. The fourth-order valence-electron chi connectivity index (χ4n) is 3.78. The van der Waals surface area contributed by atoms with Gasteiger partial charge in [0.25, 0.3) is 0 Å². The minimum absolute atomic E-state index is 0.0197. The number of nitrogens with two attached hydrogens (primary N) is 1. The molecule has 174 valence electrons. The lowest BCUT2D eigenvalue weighted by molar-refractivity contribution is 0.0994. The van der Waals surface area contributed by atoms with Gasteiger partial charge in [-0.2, -0.15) is 4.31 Å². The summed E-state index contributed by atoms with van der Waals surface area (Å²) < 4.78 is 27.4. The number of aryl methyl sites for hydroxylation is 1. The van der Waals surface area contributed by atoms with Gasteiger partial charge in [-0.15, -0.1) is 0 Å². The topological polar surface area (TPSA) is 123 Å². The summed E-state index contributed by atoms with van der Waals surface area (Å²) >= 11 is 0. The molecule has 1 aliphatic rings. The minimum atomic E-state index is -3.49. The van der Waals surface area contributed by atoms with E-state index in [1.54, 1.807) is 24.3 Å². The number of benzene rings is 2. The maximum atomic E-state index is 12.9. The lowest BCUT2D eigenvalue weighted by Gasteiger charge is -2.35. The van der Waals surface area contributed by atoms with E-state index in [-0.39, 0.29) is 5.84 Å². The number of nitrogens with zero attached hydrogens (tertiary/aromatic N) is 2. The fraction of sp³-hybridized carbons (Fsp3) is 0.435. The zero-order valence-corrected chi connectivity index (χ0v) is 19.3. The van der Waals surface area contributed by atoms with Crippen LogP contribution in [0.15, 0.2) is 53.4 Å². The maximum absolute atomic E-state index is 12.9. The van der Waals surface area contributed by atoms with Gasteiger partial charge in [0.2, 0.25) is 10.0 Å². The zero-order valence-electron chi connectivity index (χ0n) is 18.5. The first-order chi connectivity index (χ1) is 15.3. The number of aliphatic hydroxyl groups excluding tert-OH is 1. The number of β-amino-alcohol motifs (C(OH)–C–C–N with tert-alkyl or cyclic N) is 1. The van der Waals surface area contributed by atoms with E-state index in [1.165, 1.54) is 4.31 Å². The van der Waals surface area contributed by atoms with Crippen molar-refractivity contribution in [2.24, 2.45) is 5.73 Å². The van der Waals surface area contributed by atoms with Crippen LogP contribution in [0.1, 0.15) is 24.5 Å². The summed E-state index contributed by atoms with van der Waals surface area (Å²) in [7, 11) is -3.49. The predicted octanol–water partition coefficient (Wildman–Crippen LogP) is 1.70. The highest BCUT2D eigenvalue weighted by Gasteiger charge is 2.29. The van der Waals surface area contributed by atoms with Crippen molar-refractivity contribution in [3.8, 4) is 0 Å². The number of aliphatic hydroxyl groups is 1. The Bertz CT molecular complexity index is 985. The molecule has 5 N–H and O–H groups in total. The van der Waals surface area contributed by atoms with Crippen molar-refractivity contribution in [3.05, 3.63) is 59.7 Å². The molecule has 0 amide bonds. The van der Waals surface area contributed by atoms with Crippen LogP contribution in [0.5, 0.6) is 0 Å². The van der Waals surface area contributed by atoms with E-state index < -0.39 is 16.1 Å². The summed E-state index contributed by atoms with van der Waals surface area (Å²) in [6.45, 7) is 4.93. The molecule has 2 aromatic rings. The van der Waals surface area contributed by atoms with Crippen molar-refractivity contribution in [2.45, 2.75) is 30.8 Å². The third-order valence-corrected chi connectivity index (χ3v) is 7.55. The van der Waals surface area contributed by atoms with Crippen molar-refractivity contribution in [2.75, 3.05) is 44.6 Å². The molecule has 1 unspecified atom stereocenters. The Morgan fingerprint density at radius 2 is 1.72 bits per heavy atom. The number of rotatable bonds is 10. The van der Waals surface area contributed by atoms with E-state index in [2.05, 4.69) is 17.1 Å². The maximum Gasteiger partial charge on any atom is 0.243 e. The van der Waals surface area contributed by atoms with Gasteiger partial charge in [-0.1, -0.05) is 25.5 Å². The Morgan fingerprint density at radius 3 is 2.28 bits per heavy atom. The van der Waals surface area contributed by atoms with E-state index in [9.17, 15) is 13.5 Å². The van der Waals surface area contributed by atoms with E-state index >= 15 is 0 Å². The van der Waals surface area contributed by atoms with Crippen LogP contribution in [0.3, 0.4) is 0 Å². The fourth-order valence-corrected chi connectivity index (χ4v) is 5.21. The van der Waals surface area contributed by atoms with Crippen molar-refractivity contribution < 1.29 is 13.5 Å². The van der Waals surface area contributed by atoms with E-state index in [1.807, 2.05) is 24.3 Å². The molecular weight excluding hydrogens is 426 g/mol. The third kappa shape index (κ3) is 6.29. The lowest BCUT2D eigenvalue weighted by atomic mass is 10.1. The quantitative estimate of drug-likeness (QED) is 0.317. The average molecular weight is 460 g/mol. The van der Waals surface area contributed by atoms with Crippen LogP contribution in [0, 0.1) is 5.41 Å². The van der Waals surface area contributed by atoms with Crippen molar-refractivity contribution in [1.29, 1.82) is 5.41 Å². The molecule has 1 fully saturated rings. The van der Waals surface area contributed by atoms with Crippen LogP contribution < -0.4 is 11.1 Å². The Balaban J connectivity index is 1.45. The van der Waals surface area contributed by atoms with Crippen molar-refractivity contribution in [3.63, 3.8) is 0 Å². The van der Waals surface area contributed by atoms with Crippen LogP contribution in [0.25, 0.3) is 0 Å². The van der Waals surface area contributed by atoms with Crippen LogP contribution in [-0.2, 0) is 16.4 Å². The third-order valence-electron chi connectivity index (χ3n) is 5.64. The number of nitrogen functional groups attached to an aromatic ring is 1. The SMILES string of the molecule is CCCc1ccc(S(=O)(=O)N2CCN(CC(O)CNc3ccc(C(=N)N)cc3)CC2)cc1. The molecule has 1 saturated heterocycles. The van der Waals surface area contributed by atoms with Gasteiger partial charge in [0.05, 0.1) is 11.0 Å². The first kappa shape index (κ1) is 24.2. The second-order valence-electron chi connectivity index (χ2n) is 8.12. The second kappa shape index (κ2) is 10.9. The highest BCUT2D eigenvalue weighted by atomic mass is 32.2. The summed E-state index contributed by atoms with van der Waals surface area (Å²) in [6.07, 6.45) is 1.39. The summed E-state index contributed by atoms with van der Waals surface area (Å²) in [5.74, 6) is 0.0197. The Kier molecular flexibility index (Phi) is 8.25. The number of piperazine rings is 1. The minimum Gasteiger partial charge on any atom is -0.390 e. The standard InChI is InChI=1S/C23H33N5O3S/c1-2-3-18-4-10-22(11-5-18)32(30,31)28-14-12-27(13-15-28)17-21(29)16-26-20-8-6-19(7-9-20)23(24)25/h4-11,21,26,29H,2-3,12-17H2,1H3,(H3,24,25). The van der Waals surface area contributed by atoms with Crippen LogP contribution in [0.2, 0.25) is 0 Å². The van der Waals surface area contributed by atoms with Gasteiger partial charge in [-0.3, -0.25) is 10.3 Å². The highest BCUT2D eigenvalue weighted by molar-refractivity contribution is 7.89. The molecule has 0 saturated carbocycles. The van der Waals surface area contributed by atoms with Gasteiger partial charge >= 0.3 is 0 Å². The second-order valence-corrected chi connectivity index (χ2v) is 10.1. The molecule has 9 heteroatoms. The normalized spacial score (nSPS) is 16.6. The van der Waals surface area contributed by atoms with Crippen molar-refractivity contribution in [1.82, 2.24) is 9.21 Å². The Morgan fingerprint density at radius 1 is 1.09 bits per heavy atom. The van der Waals surface area contributed by atoms with Gasteiger partial charge in [0, 0.05) is 50.5 Å². The molecule has 1 atom stereocenters. The predicted molar refractivity (Wildman–Crippen MR) is 128 cm³/mol. The van der Waals surface area contributed by atoms with Gasteiger partial charge in [0.1, 0.15) is 5.84 Å². The molecular formula is C23H33N5O3S. The number of anilines is 1. The molecule has 8 nitrogen and oxygen atoms in total. The van der Waals surface area contributed by atoms with Crippen LogP contribution in [-0.4, -0.2) is 73.9 Å². The summed E-state index contributed by atoms with van der Waals surface area (Å²) in [4.78, 5) is 2.42. The average Bonchev–Trinajstić information content (AvgIpc) is 2.79. The number of hydrogen-bond acceptors (Lipinski definition) is 6. The summed E-state index contributed by atoms with van der Waals surface area (Å²) in [5, 5.41) is 21.0. The molecule has 0 bridgehead atoms. The smallest absolute Gasteiger partial charge is 0.243 e. The number of sulfonamides is 1. The van der Waals surface area contributed by atoms with Gasteiger partial charge < -0.3 is 16.2 Å². The number of hydrogen-bond donors (Lipinski definition) is 4. The molecule has 0 radical (unpaired) electrons. The van der Waals surface area contributed by atoms with E-state index in [4.69, 9.17) is 11.1 Å². The first-order valence-electron chi connectivity index (χ1n) is 11.0. The zero-order chi connectivity index (χ0) is 23.1. The first-order valence-corrected chi connectivity index (χ1v) is 12.4. The molecule has 0 aromatic heterocycles. The lowest BCUT2D eigenvalue weighted by Crippen LogP contribution is -2.50. The number of amidine groups is 1. The molecule has 1 aliphatic heterocycles. The molecule has 32 heavy (non-hydrogen) atoms. The monoisotopic (exact) mass is 459 g/mol. The molecule has 3 rings (SSSR count). The molecule has 1 heterocycles. The van der Waals surface area contributed by atoms with Crippen LogP contribution in [0.4, 0.5) is 5.69 Å². The van der Waals surface area contributed by atoms with Crippen LogP contribution >= 0.6 is 0 Å². The van der Waals surface area contributed by atoms with Gasteiger partial charge in [-0.25, -0.2) is 8.42 Å². The van der Waals surface area contributed by atoms with Gasteiger partial charge in [0.15, 0.2) is 0 Å². The molecule has 0 aliphatic carbocycles. The summed E-state index contributed by atoms with van der Waals surface area (Å²) in [5.41, 5.74) is 8.10. The van der Waals surface area contributed by atoms with E-state index in [0.29, 0.717) is 49.7 Å². The number of nitrogens with one attached hydrogen (secondary N) is 2. The Labute approximate surface area is 190 Å².